The summed E-state index contributed by atoms with van der Waals surface area (Å²) in [6.45, 7) is 6.56. The van der Waals surface area contributed by atoms with E-state index in [-0.39, 0.29) is 17.1 Å². The molecule has 0 saturated heterocycles. The zero-order valence-electron chi connectivity index (χ0n) is 13.4. The fourth-order valence-corrected chi connectivity index (χ4v) is 4.29. The first-order valence-electron chi connectivity index (χ1n) is 8.00. The smallest absolute Gasteiger partial charge is 0.238 e. The molecule has 0 aromatic heterocycles. The number of rotatable bonds is 4. The minimum Gasteiger partial charge on any atom is -0.492 e. The Hall–Kier alpha value is -1.84. The summed E-state index contributed by atoms with van der Waals surface area (Å²) < 4.78 is 5.56. The molecule has 22 heavy (non-hydrogen) atoms. The highest BCUT2D eigenvalue weighted by Gasteiger charge is 2.68. The van der Waals surface area contributed by atoms with E-state index in [1.165, 1.54) is 0 Å². The SMILES string of the molecule is CCOc1ccccc1NC(=O)C12CCC(CC1=O)C2(C)C. The van der Waals surface area contributed by atoms with Crippen molar-refractivity contribution >= 4 is 17.4 Å². The molecule has 1 aromatic carbocycles. The van der Waals surface area contributed by atoms with Gasteiger partial charge in [-0.2, -0.15) is 0 Å². The highest BCUT2D eigenvalue weighted by atomic mass is 16.5. The number of para-hydroxylation sites is 2. The van der Waals surface area contributed by atoms with E-state index in [0.29, 0.717) is 36.8 Å². The summed E-state index contributed by atoms with van der Waals surface area (Å²) in [5.41, 5.74) is -0.506. The molecule has 1 N–H and O–H groups in total. The topological polar surface area (TPSA) is 55.4 Å². The van der Waals surface area contributed by atoms with Crippen LogP contribution in [0, 0.1) is 16.7 Å². The van der Waals surface area contributed by atoms with Gasteiger partial charge in [-0.05, 0) is 43.2 Å². The van der Waals surface area contributed by atoms with E-state index in [4.69, 9.17) is 4.74 Å². The molecule has 1 amide bonds. The average molecular weight is 301 g/mol. The zero-order valence-corrected chi connectivity index (χ0v) is 13.4. The lowest BCUT2D eigenvalue weighted by atomic mass is 9.68. The van der Waals surface area contributed by atoms with Crippen LogP contribution in [-0.2, 0) is 9.59 Å². The zero-order chi connectivity index (χ0) is 16.0. The number of nitrogens with one attached hydrogen (secondary N) is 1. The first-order chi connectivity index (χ1) is 10.4. The van der Waals surface area contributed by atoms with Crippen molar-refractivity contribution < 1.29 is 14.3 Å². The maximum absolute atomic E-state index is 13.0. The van der Waals surface area contributed by atoms with E-state index in [9.17, 15) is 9.59 Å². The predicted molar refractivity (Wildman–Crippen MR) is 84.8 cm³/mol. The van der Waals surface area contributed by atoms with Gasteiger partial charge in [0, 0.05) is 6.42 Å². The summed E-state index contributed by atoms with van der Waals surface area (Å²) in [7, 11) is 0. The van der Waals surface area contributed by atoms with E-state index >= 15 is 0 Å². The second-order valence-electron chi connectivity index (χ2n) is 6.87. The molecular weight excluding hydrogens is 278 g/mol. The number of ether oxygens (including phenoxy) is 1. The number of ketones is 1. The fourth-order valence-electron chi connectivity index (χ4n) is 4.29. The Kier molecular flexibility index (Phi) is 3.50. The molecule has 2 aliphatic rings. The number of carbonyl (C=O) groups is 2. The molecule has 0 heterocycles. The van der Waals surface area contributed by atoms with Crippen molar-refractivity contribution in [2.75, 3.05) is 11.9 Å². The van der Waals surface area contributed by atoms with Crippen molar-refractivity contribution in [2.45, 2.75) is 40.0 Å². The third-order valence-electron chi connectivity index (χ3n) is 5.72. The van der Waals surface area contributed by atoms with Gasteiger partial charge in [0.2, 0.25) is 5.91 Å². The Morgan fingerprint density at radius 3 is 2.68 bits per heavy atom. The minimum atomic E-state index is -0.878. The van der Waals surface area contributed by atoms with Crippen LogP contribution in [0.5, 0.6) is 5.75 Å². The normalized spacial score (nSPS) is 28.7. The third kappa shape index (κ3) is 1.89. The predicted octanol–water partition coefficient (Wildman–Crippen LogP) is 3.42. The molecule has 3 rings (SSSR count). The van der Waals surface area contributed by atoms with Gasteiger partial charge >= 0.3 is 0 Å². The number of carbonyl (C=O) groups excluding carboxylic acids is 2. The van der Waals surface area contributed by atoms with Gasteiger partial charge in [0.25, 0.3) is 0 Å². The van der Waals surface area contributed by atoms with Gasteiger partial charge in [-0.3, -0.25) is 9.59 Å². The fraction of sp³-hybridized carbons (Fsp3) is 0.556. The van der Waals surface area contributed by atoms with Crippen molar-refractivity contribution in [1.82, 2.24) is 0 Å². The Balaban J connectivity index is 1.91. The van der Waals surface area contributed by atoms with Crippen LogP contribution < -0.4 is 10.1 Å². The van der Waals surface area contributed by atoms with Crippen LogP contribution in [0.3, 0.4) is 0 Å². The maximum atomic E-state index is 13.0. The van der Waals surface area contributed by atoms with Crippen LogP contribution >= 0.6 is 0 Å². The first-order valence-corrected chi connectivity index (χ1v) is 8.00. The third-order valence-corrected chi connectivity index (χ3v) is 5.72. The first kappa shape index (κ1) is 15.1. The van der Waals surface area contributed by atoms with Crippen LogP contribution in [-0.4, -0.2) is 18.3 Å². The van der Waals surface area contributed by atoms with Crippen LogP contribution in [0.2, 0.25) is 0 Å². The summed E-state index contributed by atoms with van der Waals surface area (Å²) in [5.74, 6) is 0.898. The number of Topliss-reactive ketones (excluding diaryl/α,β-unsaturated/α-hetero) is 1. The van der Waals surface area contributed by atoms with Gasteiger partial charge in [0.15, 0.2) is 0 Å². The second kappa shape index (κ2) is 5.11. The average Bonchev–Trinajstić information content (AvgIpc) is 2.84. The summed E-state index contributed by atoms with van der Waals surface area (Å²) in [4.78, 5) is 25.5. The van der Waals surface area contributed by atoms with Gasteiger partial charge in [-0.25, -0.2) is 0 Å². The van der Waals surface area contributed by atoms with Crippen molar-refractivity contribution in [3.63, 3.8) is 0 Å². The van der Waals surface area contributed by atoms with E-state index in [2.05, 4.69) is 19.2 Å². The molecule has 0 radical (unpaired) electrons. The summed E-state index contributed by atoms with van der Waals surface area (Å²) >= 11 is 0. The number of amides is 1. The van der Waals surface area contributed by atoms with Gasteiger partial charge < -0.3 is 10.1 Å². The lowest BCUT2D eigenvalue weighted by Crippen LogP contribution is -2.46. The molecule has 2 saturated carbocycles. The summed E-state index contributed by atoms with van der Waals surface area (Å²) in [6.07, 6.45) is 2.15. The van der Waals surface area contributed by atoms with Crippen molar-refractivity contribution in [3.8, 4) is 5.75 Å². The highest BCUT2D eigenvalue weighted by Crippen LogP contribution is 2.64. The summed E-state index contributed by atoms with van der Waals surface area (Å²) in [6, 6.07) is 7.37. The Morgan fingerprint density at radius 2 is 2.09 bits per heavy atom. The van der Waals surface area contributed by atoms with E-state index in [0.717, 1.165) is 6.42 Å². The molecule has 2 unspecified atom stereocenters. The van der Waals surface area contributed by atoms with Crippen LogP contribution in [0.25, 0.3) is 0 Å². The van der Waals surface area contributed by atoms with Crippen LogP contribution in [0.15, 0.2) is 24.3 Å². The van der Waals surface area contributed by atoms with Crippen LogP contribution in [0.4, 0.5) is 5.69 Å². The number of benzene rings is 1. The number of fused-ring (bicyclic) bond motifs is 2. The molecule has 0 aliphatic heterocycles. The molecule has 4 nitrogen and oxygen atoms in total. The van der Waals surface area contributed by atoms with Gasteiger partial charge in [0.05, 0.1) is 12.3 Å². The molecule has 2 atom stereocenters. The summed E-state index contributed by atoms with van der Waals surface area (Å²) in [5, 5.41) is 2.96. The van der Waals surface area contributed by atoms with Crippen LogP contribution in [0.1, 0.15) is 40.0 Å². The minimum absolute atomic E-state index is 0.0974. The van der Waals surface area contributed by atoms with E-state index < -0.39 is 5.41 Å². The number of hydrogen-bond donors (Lipinski definition) is 1. The molecule has 2 aliphatic carbocycles. The van der Waals surface area contributed by atoms with Crippen molar-refractivity contribution in [3.05, 3.63) is 24.3 Å². The lowest BCUT2D eigenvalue weighted by molar-refractivity contribution is -0.141. The Morgan fingerprint density at radius 1 is 1.36 bits per heavy atom. The largest absolute Gasteiger partial charge is 0.492 e. The molecule has 2 fully saturated rings. The second-order valence-corrected chi connectivity index (χ2v) is 6.87. The maximum Gasteiger partial charge on any atom is 0.238 e. The van der Waals surface area contributed by atoms with Gasteiger partial charge in [-0.1, -0.05) is 26.0 Å². The Labute approximate surface area is 131 Å². The molecular formula is C18H23NO3. The van der Waals surface area contributed by atoms with Gasteiger partial charge in [-0.15, -0.1) is 0 Å². The molecule has 2 bridgehead atoms. The highest BCUT2D eigenvalue weighted by molar-refractivity contribution is 6.14. The Bertz CT molecular complexity index is 623. The van der Waals surface area contributed by atoms with E-state index in [1.54, 1.807) is 0 Å². The quantitative estimate of drug-likeness (QED) is 0.867. The molecule has 118 valence electrons. The number of anilines is 1. The molecule has 0 spiro atoms. The standard InChI is InChI=1S/C18H23NO3/c1-4-22-14-8-6-5-7-13(14)19-16(21)18-10-9-12(11-15(18)20)17(18,2)3/h5-8,12H,4,9-11H2,1-3H3,(H,19,21). The molecule has 1 aromatic rings. The van der Waals surface area contributed by atoms with Gasteiger partial charge in [0.1, 0.15) is 16.9 Å². The monoisotopic (exact) mass is 301 g/mol. The lowest BCUT2D eigenvalue weighted by Gasteiger charge is -2.35. The number of hydrogen-bond acceptors (Lipinski definition) is 3. The van der Waals surface area contributed by atoms with Crippen molar-refractivity contribution in [1.29, 1.82) is 0 Å². The van der Waals surface area contributed by atoms with Crippen molar-refractivity contribution in [2.24, 2.45) is 16.7 Å². The molecule has 4 heteroatoms. The van der Waals surface area contributed by atoms with E-state index in [1.807, 2.05) is 31.2 Å².